The first kappa shape index (κ1) is 14.6. The molecule has 0 spiro atoms. The summed E-state index contributed by atoms with van der Waals surface area (Å²) in [7, 11) is 0. The summed E-state index contributed by atoms with van der Waals surface area (Å²) >= 11 is 3.45. The molecule has 0 atom stereocenters. The third-order valence-corrected chi connectivity index (χ3v) is 4.20. The van der Waals surface area contributed by atoms with Crippen molar-refractivity contribution >= 4 is 21.8 Å². The predicted molar refractivity (Wildman–Crippen MR) is 82.5 cm³/mol. The van der Waals surface area contributed by atoms with Crippen LogP contribution in [0, 0.1) is 6.92 Å². The summed E-state index contributed by atoms with van der Waals surface area (Å²) in [4.78, 5) is 12.3. The lowest BCUT2D eigenvalue weighted by molar-refractivity contribution is 0.0930. The van der Waals surface area contributed by atoms with Crippen LogP contribution in [0.4, 0.5) is 0 Å². The lowest BCUT2D eigenvalue weighted by atomic mass is 9.96. The Kier molecular flexibility index (Phi) is 5.44. The van der Waals surface area contributed by atoms with Crippen LogP contribution in [0.3, 0.4) is 0 Å². The standard InChI is InChI=1S/C16H22BrNO/c1-12-9-13(11-14(17)10-12)16(19)18-15-7-5-3-2-4-6-8-15/h9-11,15H,2-8H2,1H3,(H,18,19). The number of hydrogen-bond acceptors (Lipinski definition) is 1. The van der Waals surface area contributed by atoms with Crippen molar-refractivity contribution < 1.29 is 4.79 Å². The zero-order chi connectivity index (χ0) is 13.7. The van der Waals surface area contributed by atoms with E-state index in [1.165, 1.54) is 32.1 Å². The van der Waals surface area contributed by atoms with Crippen LogP contribution in [0.5, 0.6) is 0 Å². The van der Waals surface area contributed by atoms with Gasteiger partial charge in [0.25, 0.3) is 5.91 Å². The average molecular weight is 324 g/mol. The first-order chi connectivity index (χ1) is 9.15. The second-order valence-electron chi connectivity index (χ2n) is 5.53. The maximum atomic E-state index is 12.3. The van der Waals surface area contributed by atoms with E-state index in [-0.39, 0.29) is 5.91 Å². The highest BCUT2D eigenvalue weighted by Crippen LogP contribution is 2.19. The molecule has 1 aromatic rings. The summed E-state index contributed by atoms with van der Waals surface area (Å²) in [5.41, 5.74) is 1.87. The SMILES string of the molecule is Cc1cc(Br)cc(C(=O)NC2CCCCCCC2)c1. The number of hydrogen-bond donors (Lipinski definition) is 1. The molecule has 0 saturated heterocycles. The van der Waals surface area contributed by atoms with Gasteiger partial charge in [-0.25, -0.2) is 0 Å². The summed E-state index contributed by atoms with van der Waals surface area (Å²) in [6.07, 6.45) is 8.69. The van der Waals surface area contributed by atoms with Crippen LogP contribution in [0.2, 0.25) is 0 Å². The van der Waals surface area contributed by atoms with Crippen LogP contribution in [-0.2, 0) is 0 Å². The van der Waals surface area contributed by atoms with Crippen LogP contribution in [0.25, 0.3) is 0 Å². The third kappa shape index (κ3) is 4.64. The van der Waals surface area contributed by atoms with Crippen molar-refractivity contribution in [1.29, 1.82) is 0 Å². The summed E-state index contributed by atoms with van der Waals surface area (Å²) in [5, 5.41) is 3.20. The summed E-state index contributed by atoms with van der Waals surface area (Å²) in [6.45, 7) is 2.01. The summed E-state index contributed by atoms with van der Waals surface area (Å²) < 4.78 is 0.968. The molecule has 1 saturated carbocycles. The maximum Gasteiger partial charge on any atom is 0.251 e. The number of amides is 1. The Morgan fingerprint density at radius 2 is 1.74 bits per heavy atom. The van der Waals surface area contributed by atoms with Gasteiger partial charge < -0.3 is 5.32 Å². The van der Waals surface area contributed by atoms with Crippen LogP contribution in [0.15, 0.2) is 22.7 Å². The normalized spacial score (nSPS) is 17.6. The zero-order valence-electron chi connectivity index (χ0n) is 11.5. The number of rotatable bonds is 2. The van der Waals surface area contributed by atoms with Crippen molar-refractivity contribution in [3.05, 3.63) is 33.8 Å². The minimum atomic E-state index is 0.0648. The highest BCUT2D eigenvalue weighted by molar-refractivity contribution is 9.10. The van der Waals surface area contributed by atoms with Gasteiger partial charge in [0.15, 0.2) is 0 Å². The van der Waals surface area contributed by atoms with Gasteiger partial charge in [0.1, 0.15) is 0 Å². The van der Waals surface area contributed by atoms with Crippen molar-refractivity contribution in [3.63, 3.8) is 0 Å². The van der Waals surface area contributed by atoms with Gasteiger partial charge in [-0.1, -0.05) is 48.0 Å². The van der Waals surface area contributed by atoms with E-state index in [2.05, 4.69) is 21.2 Å². The first-order valence-corrected chi connectivity index (χ1v) is 8.02. The lowest BCUT2D eigenvalue weighted by Crippen LogP contribution is -2.35. The highest BCUT2D eigenvalue weighted by Gasteiger charge is 2.15. The smallest absolute Gasteiger partial charge is 0.251 e. The van der Waals surface area contributed by atoms with E-state index >= 15 is 0 Å². The molecule has 1 fully saturated rings. The Morgan fingerprint density at radius 1 is 1.11 bits per heavy atom. The molecule has 1 aliphatic carbocycles. The van der Waals surface area contributed by atoms with Crippen molar-refractivity contribution in [2.24, 2.45) is 0 Å². The molecular weight excluding hydrogens is 302 g/mol. The number of benzene rings is 1. The molecular formula is C16H22BrNO. The quantitative estimate of drug-likeness (QED) is 0.846. The van der Waals surface area contributed by atoms with E-state index < -0.39 is 0 Å². The van der Waals surface area contributed by atoms with Gasteiger partial charge in [-0.3, -0.25) is 4.79 Å². The number of carbonyl (C=O) groups is 1. The highest BCUT2D eigenvalue weighted by atomic mass is 79.9. The van der Waals surface area contributed by atoms with Crippen LogP contribution in [0.1, 0.15) is 60.9 Å². The molecule has 1 N–H and O–H groups in total. The maximum absolute atomic E-state index is 12.3. The minimum Gasteiger partial charge on any atom is -0.349 e. The molecule has 0 heterocycles. The molecule has 0 aliphatic heterocycles. The first-order valence-electron chi connectivity index (χ1n) is 7.23. The Hall–Kier alpha value is -0.830. The number of carbonyl (C=O) groups excluding carboxylic acids is 1. The predicted octanol–water partition coefficient (Wildman–Crippen LogP) is 4.60. The molecule has 2 rings (SSSR count). The fourth-order valence-corrected chi connectivity index (χ4v) is 3.34. The second-order valence-corrected chi connectivity index (χ2v) is 6.45. The minimum absolute atomic E-state index is 0.0648. The van der Waals surface area contributed by atoms with Gasteiger partial charge in [-0.05, 0) is 43.5 Å². The molecule has 1 aromatic carbocycles. The topological polar surface area (TPSA) is 29.1 Å². The van der Waals surface area contributed by atoms with E-state index in [1.807, 2.05) is 25.1 Å². The molecule has 1 aliphatic rings. The van der Waals surface area contributed by atoms with Gasteiger partial charge in [-0.15, -0.1) is 0 Å². The molecule has 3 heteroatoms. The van der Waals surface area contributed by atoms with E-state index in [4.69, 9.17) is 0 Å². The van der Waals surface area contributed by atoms with E-state index in [1.54, 1.807) is 0 Å². The summed E-state index contributed by atoms with van der Waals surface area (Å²) in [6, 6.07) is 6.22. The van der Waals surface area contributed by atoms with Crippen LogP contribution in [-0.4, -0.2) is 11.9 Å². The molecule has 0 aromatic heterocycles. The van der Waals surface area contributed by atoms with E-state index in [0.717, 1.165) is 28.4 Å². The van der Waals surface area contributed by atoms with Gasteiger partial charge in [0, 0.05) is 16.1 Å². The fraction of sp³-hybridized carbons (Fsp3) is 0.562. The fourth-order valence-electron chi connectivity index (χ4n) is 2.74. The number of halogens is 1. The molecule has 2 nitrogen and oxygen atoms in total. The number of nitrogens with one attached hydrogen (secondary N) is 1. The average Bonchev–Trinajstić information content (AvgIpc) is 2.31. The van der Waals surface area contributed by atoms with E-state index in [9.17, 15) is 4.79 Å². The second kappa shape index (κ2) is 7.09. The Balaban J connectivity index is 1.98. The third-order valence-electron chi connectivity index (χ3n) is 3.74. The largest absolute Gasteiger partial charge is 0.349 e. The van der Waals surface area contributed by atoms with Crippen molar-refractivity contribution in [1.82, 2.24) is 5.32 Å². The Morgan fingerprint density at radius 3 is 2.37 bits per heavy atom. The van der Waals surface area contributed by atoms with Crippen molar-refractivity contribution in [3.8, 4) is 0 Å². The monoisotopic (exact) mass is 323 g/mol. The van der Waals surface area contributed by atoms with Gasteiger partial charge >= 0.3 is 0 Å². The molecule has 0 bridgehead atoms. The number of aryl methyl sites for hydroxylation is 1. The molecule has 19 heavy (non-hydrogen) atoms. The molecule has 0 radical (unpaired) electrons. The van der Waals surface area contributed by atoms with Crippen LogP contribution < -0.4 is 5.32 Å². The Bertz CT molecular complexity index is 416. The zero-order valence-corrected chi connectivity index (χ0v) is 13.1. The lowest BCUT2D eigenvalue weighted by Gasteiger charge is -2.21. The molecule has 1 amide bonds. The van der Waals surface area contributed by atoms with Crippen molar-refractivity contribution in [2.45, 2.75) is 57.9 Å². The van der Waals surface area contributed by atoms with Crippen LogP contribution >= 0.6 is 15.9 Å². The van der Waals surface area contributed by atoms with Gasteiger partial charge in [-0.2, -0.15) is 0 Å². The van der Waals surface area contributed by atoms with Crippen molar-refractivity contribution in [2.75, 3.05) is 0 Å². The molecule has 0 unspecified atom stereocenters. The van der Waals surface area contributed by atoms with Gasteiger partial charge in [0.05, 0.1) is 0 Å². The van der Waals surface area contributed by atoms with Gasteiger partial charge in [0.2, 0.25) is 0 Å². The summed E-state index contributed by atoms with van der Waals surface area (Å²) in [5.74, 6) is 0.0648. The Labute approximate surface area is 124 Å². The van der Waals surface area contributed by atoms with E-state index in [0.29, 0.717) is 6.04 Å². The molecule has 104 valence electrons.